The van der Waals surface area contributed by atoms with Gasteiger partial charge in [0, 0.05) is 24.3 Å². The third-order valence-corrected chi connectivity index (χ3v) is 3.10. The van der Waals surface area contributed by atoms with Gasteiger partial charge in [0.25, 0.3) is 0 Å². The maximum absolute atomic E-state index is 4.55. The molecule has 0 unspecified atom stereocenters. The molecule has 104 valence electrons. The van der Waals surface area contributed by atoms with E-state index >= 15 is 0 Å². The smallest absolute Gasteiger partial charge is 0.0537 e. The predicted octanol–water partition coefficient (Wildman–Crippen LogP) is 3.55. The first-order chi connectivity index (χ1) is 8.56. The standard InChI is InChI=1S/C15H29N3/c1-6-7-8-18-15(13(4)5)14(11-17-18)10-16-9-12(2)3/h11-13,16H,6-10H2,1-5H3. The number of aryl methyl sites for hydroxylation is 1. The van der Waals surface area contributed by atoms with Crippen LogP contribution >= 0.6 is 0 Å². The molecule has 18 heavy (non-hydrogen) atoms. The van der Waals surface area contributed by atoms with Crippen molar-refractivity contribution in [1.82, 2.24) is 15.1 Å². The van der Waals surface area contributed by atoms with E-state index in [4.69, 9.17) is 0 Å². The van der Waals surface area contributed by atoms with Crippen LogP contribution in [0.25, 0.3) is 0 Å². The van der Waals surface area contributed by atoms with Gasteiger partial charge in [0.2, 0.25) is 0 Å². The van der Waals surface area contributed by atoms with Gasteiger partial charge >= 0.3 is 0 Å². The van der Waals surface area contributed by atoms with Crippen LogP contribution in [-0.2, 0) is 13.1 Å². The molecule has 1 rings (SSSR count). The van der Waals surface area contributed by atoms with Crippen LogP contribution in [0, 0.1) is 5.92 Å². The SMILES string of the molecule is CCCCn1ncc(CNCC(C)C)c1C(C)C. The van der Waals surface area contributed by atoms with Gasteiger partial charge in [-0.1, -0.05) is 41.0 Å². The lowest BCUT2D eigenvalue weighted by atomic mass is 10.1. The largest absolute Gasteiger partial charge is 0.312 e. The Bertz CT molecular complexity index is 340. The molecule has 1 aromatic rings. The summed E-state index contributed by atoms with van der Waals surface area (Å²) in [7, 11) is 0. The summed E-state index contributed by atoms with van der Waals surface area (Å²) in [6, 6.07) is 0. The Morgan fingerprint density at radius 3 is 2.56 bits per heavy atom. The molecular weight excluding hydrogens is 222 g/mol. The zero-order valence-corrected chi connectivity index (χ0v) is 12.7. The van der Waals surface area contributed by atoms with Crippen LogP contribution in [0.3, 0.4) is 0 Å². The fourth-order valence-electron chi connectivity index (χ4n) is 2.22. The van der Waals surface area contributed by atoms with Crippen LogP contribution in [0.5, 0.6) is 0 Å². The molecule has 3 nitrogen and oxygen atoms in total. The Balaban J connectivity index is 2.68. The second-order valence-corrected chi connectivity index (χ2v) is 5.81. The molecule has 1 aromatic heterocycles. The first-order valence-corrected chi connectivity index (χ1v) is 7.31. The number of aromatic nitrogens is 2. The number of nitrogens with zero attached hydrogens (tertiary/aromatic N) is 2. The van der Waals surface area contributed by atoms with Crippen molar-refractivity contribution >= 4 is 0 Å². The maximum atomic E-state index is 4.55. The Morgan fingerprint density at radius 1 is 1.28 bits per heavy atom. The monoisotopic (exact) mass is 251 g/mol. The molecule has 0 amide bonds. The van der Waals surface area contributed by atoms with Gasteiger partial charge in [-0.25, -0.2) is 0 Å². The molecule has 3 heteroatoms. The molecule has 0 fully saturated rings. The molecule has 0 radical (unpaired) electrons. The lowest BCUT2D eigenvalue weighted by molar-refractivity contribution is 0.526. The number of hydrogen-bond donors (Lipinski definition) is 1. The van der Waals surface area contributed by atoms with Gasteiger partial charge < -0.3 is 5.32 Å². The highest BCUT2D eigenvalue weighted by Gasteiger charge is 2.13. The lowest BCUT2D eigenvalue weighted by Gasteiger charge is -2.13. The highest BCUT2D eigenvalue weighted by molar-refractivity contribution is 5.21. The number of unbranched alkanes of at least 4 members (excludes halogenated alkanes) is 1. The summed E-state index contributed by atoms with van der Waals surface area (Å²) >= 11 is 0. The summed E-state index contributed by atoms with van der Waals surface area (Å²) in [5.74, 6) is 1.24. The summed E-state index contributed by atoms with van der Waals surface area (Å²) in [5.41, 5.74) is 2.77. The van der Waals surface area contributed by atoms with Gasteiger partial charge in [-0.3, -0.25) is 4.68 Å². The molecule has 0 saturated carbocycles. The normalized spacial score (nSPS) is 11.7. The van der Waals surface area contributed by atoms with Crippen LogP contribution in [-0.4, -0.2) is 16.3 Å². The van der Waals surface area contributed by atoms with Crippen LogP contribution in [0.4, 0.5) is 0 Å². The van der Waals surface area contributed by atoms with Crippen molar-refractivity contribution in [3.8, 4) is 0 Å². The molecule has 0 spiro atoms. The highest BCUT2D eigenvalue weighted by Crippen LogP contribution is 2.20. The van der Waals surface area contributed by atoms with E-state index in [9.17, 15) is 0 Å². The van der Waals surface area contributed by atoms with Crippen LogP contribution in [0.2, 0.25) is 0 Å². The average Bonchev–Trinajstić information content (AvgIpc) is 2.69. The van der Waals surface area contributed by atoms with Crippen molar-refractivity contribution in [3.05, 3.63) is 17.5 Å². The van der Waals surface area contributed by atoms with Gasteiger partial charge in [-0.15, -0.1) is 0 Å². The minimum atomic E-state index is 0.542. The number of hydrogen-bond acceptors (Lipinski definition) is 2. The second-order valence-electron chi connectivity index (χ2n) is 5.81. The fourth-order valence-corrected chi connectivity index (χ4v) is 2.22. The molecule has 1 N–H and O–H groups in total. The van der Waals surface area contributed by atoms with E-state index in [1.165, 1.54) is 24.1 Å². The van der Waals surface area contributed by atoms with Gasteiger partial charge in [-0.05, 0) is 24.8 Å². The number of rotatable bonds is 8. The third kappa shape index (κ3) is 4.45. The Morgan fingerprint density at radius 2 is 2.00 bits per heavy atom. The van der Waals surface area contributed by atoms with E-state index in [0.29, 0.717) is 11.8 Å². The minimum Gasteiger partial charge on any atom is -0.312 e. The van der Waals surface area contributed by atoms with Gasteiger partial charge in [0.15, 0.2) is 0 Å². The third-order valence-electron chi connectivity index (χ3n) is 3.10. The van der Waals surface area contributed by atoms with E-state index in [1.807, 2.05) is 6.20 Å². The quantitative estimate of drug-likeness (QED) is 0.765. The van der Waals surface area contributed by atoms with E-state index < -0.39 is 0 Å². The molecule has 0 aliphatic carbocycles. The van der Waals surface area contributed by atoms with Gasteiger partial charge in [0.1, 0.15) is 0 Å². The van der Waals surface area contributed by atoms with Gasteiger partial charge in [0.05, 0.1) is 6.20 Å². The molecule has 0 aliphatic rings. The zero-order valence-electron chi connectivity index (χ0n) is 12.7. The molecule has 0 saturated heterocycles. The molecule has 1 heterocycles. The number of nitrogens with one attached hydrogen (secondary N) is 1. The first kappa shape index (κ1) is 15.2. The van der Waals surface area contributed by atoms with E-state index in [2.05, 4.69) is 49.7 Å². The lowest BCUT2D eigenvalue weighted by Crippen LogP contribution is -2.20. The minimum absolute atomic E-state index is 0.542. The molecular formula is C15H29N3. The van der Waals surface area contributed by atoms with Crippen molar-refractivity contribution in [2.45, 2.75) is 66.5 Å². The van der Waals surface area contributed by atoms with Crippen molar-refractivity contribution in [3.63, 3.8) is 0 Å². The average molecular weight is 251 g/mol. The maximum Gasteiger partial charge on any atom is 0.0537 e. The Kier molecular flexibility index (Phi) is 6.41. The van der Waals surface area contributed by atoms with Crippen LogP contribution in [0.15, 0.2) is 6.20 Å². The van der Waals surface area contributed by atoms with E-state index in [1.54, 1.807) is 0 Å². The van der Waals surface area contributed by atoms with Crippen molar-refractivity contribution in [2.24, 2.45) is 5.92 Å². The summed E-state index contributed by atoms with van der Waals surface area (Å²) in [6.45, 7) is 14.3. The summed E-state index contributed by atoms with van der Waals surface area (Å²) in [6.07, 6.45) is 4.47. The Hall–Kier alpha value is -0.830. The predicted molar refractivity (Wildman–Crippen MR) is 77.8 cm³/mol. The molecule has 0 aliphatic heterocycles. The summed E-state index contributed by atoms with van der Waals surface area (Å²) in [5, 5.41) is 8.06. The van der Waals surface area contributed by atoms with Crippen LogP contribution < -0.4 is 5.32 Å². The second kappa shape index (κ2) is 7.57. The van der Waals surface area contributed by atoms with Gasteiger partial charge in [-0.2, -0.15) is 5.10 Å². The van der Waals surface area contributed by atoms with E-state index in [-0.39, 0.29) is 0 Å². The fraction of sp³-hybridized carbons (Fsp3) is 0.800. The zero-order chi connectivity index (χ0) is 13.5. The highest BCUT2D eigenvalue weighted by atomic mass is 15.3. The first-order valence-electron chi connectivity index (χ1n) is 7.31. The Labute approximate surface area is 112 Å². The summed E-state index contributed by atoms with van der Waals surface area (Å²) < 4.78 is 2.19. The van der Waals surface area contributed by atoms with Crippen molar-refractivity contribution < 1.29 is 0 Å². The molecule has 0 atom stereocenters. The van der Waals surface area contributed by atoms with E-state index in [0.717, 1.165) is 19.6 Å². The van der Waals surface area contributed by atoms with Crippen molar-refractivity contribution in [1.29, 1.82) is 0 Å². The molecule has 0 aromatic carbocycles. The topological polar surface area (TPSA) is 29.9 Å². The summed E-state index contributed by atoms with van der Waals surface area (Å²) in [4.78, 5) is 0. The van der Waals surface area contributed by atoms with Crippen LogP contribution in [0.1, 0.15) is 64.6 Å². The molecule has 0 bridgehead atoms. The van der Waals surface area contributed by atoms with Crippen molar-refractivity contribution in [2.75, 3.05) is 6.54 Å².